The third-order valence-electron chi connectivity index (χ3n) is 6.48. The van der Waals surface area contributed by atoms with Crippen LogP contribution in [-0.4, -0.2) is 60.7 Å². The minimum atomic E-state index is -4.87. The van der Waals surface area contributed by atoms with Crippen molar-refractivity contribution in [3.05, 3.63) is 52.2 Å². The van der Waals surface area contributed by atoms with E-state index in [0.29, 0.717) is 6.07 Å². The van der Waals surface area contributed by atoms with Gasteiger partial charge in [0.15, 0.2) is 6.29 Å². The van der Waals surface area contributed by atoms with Crippen LogP contribution in [0, 0.1) is 12.7 Å². The second-order valence-electron chi connectivity index (χ2n) is 9.03. The number of likely N-dealkylation sites (tertiary alicyclic amines) is 1. The van der Waals surface area contributed by atoms with Gasteiger partial charge in [0.05, 0.1) is 49.6 Å². The van der Waals surface area contributed by atoms with Crippen molar-refractivity contribution in [2.75, 3.05) is 39.2 Å². The predicted octanol–water partition coefficient (Wildman–Crippen LogP) is 3.43. The summed E-state index contributed by atoms with van der Waals surface area (Å²) in [5.74, 6) is -2.16. The molecule has 2 aliphatic heterocycles. The standard InChI is InChI=1S/C24H26F4N4O5/c1-12(14-6-5-7-15(18(14)25)24(26,27)28)29-20-17(21-36-8-9-37-21)19(30-13(2)31-20)23(22(34)35-4)10-16(33)32(3)11-23/h5-7,12,21H,8-11H2,1-4H3,(H,29,30,31)/t12-,23?/m1/s1. The summed E-state index contributed by atoms with van der Waals surface area (Å²) in [7, 11) is 2.74. The van der Waals surface area contributed by atoms with Crippen LogP contribution in [0.5, 0.6) is 0 Å². The van der Waals surface area contributed by atoms with Crippen molar-refractivity contribution in [2.45, 2.75) is 44.2 Å². The van der Waals surface area contributed by atoms with E-state index in [1.165, 1.54) is 25.0 Å². The minimum Gasteiger partial charge on any atom is -0.468 e. The molecule has 0 radical (unpaired) electrons. The lowest BCUT2D eigenvalue weighted by Gasteiger charge is -2.30. The van der Waals surface area contributed by atoms with Gasteiger partial charge in [-0.3, -0.25) is 9.59 Å². The van der Waals surface area contributed by atoms with E-state index in [9.17, 15) is 27.2 Å². The molecule has 1 aromatic carbocycles. The summed E-state index contributed by atoms with van der Waals surface area (Å²) in [6, 6.07) is 2.02. The molecule has 4 rings (SSSR count). The van der Waals surface area contributed by atoms with E-state index in [1.807, 2.05) is 0 Å². The van der Waals surface area contributed by atoms with Gasteiger partial charge in [0.1, 0.15) is 22.9 Å². The van der Waals surface area contributed by atoms with E-state index in [2.05, 4.69) is 15.3 Å². The second-order valence-corrected chi connectivity index (χ2v) is 9.03. The molecular formula is C24H26F4N4O5. The monoisotopic (exact) mass is 526 g/mol. The Balaban J connectivity index is 1.86. The first-order chi connectivity index (χ1) is 17.4. The minimum absolute atomic E-state index is 0.0358. The summed E-state index contributed by atoms with van der Waals surface area (Å²) < 4.78 is 71.2. The molecular weight excluding hydrogens is 500 g/mol. The maximum Gasteiger partial charge on any atom is 0.419 e. The first kappa shape index (κ1) is 26.7. The van der Waals surface area contributed by atoms with E-state index in [-0.39, 0.29) is 60.5 Å². The van der Waals surface area contributed by atoms with Crippen molar-refractivity contribution in [1.82, 2.24) is 14.9 Å². The molecule has 9 nitrogen and oxygen atoms in total. The van der Waals surface area contributed by atoms with Gasteiger partial charge in [-0.2, -0.15) is 13.2 Å². The van der Waals surface area contributed by atoms with Gasteiger partial charge in [-0.1, -0.05) is 12.1 Å². The van der Waals surface area contributed by atoms with Crippen LogP contribution in [0.25, 0.3) is 0 Å². The lowest BCUT2D eigenvalue weighted by atomic mass is 9.80. The topological polar surface area (TPSA) is 103 Å². The van der Waals surface area contributed by atoms with E-state index in [1.54, 1.807) is 14.0 Å². The SMILES string of the molecule is COC(=O)C1(c2nc(C)nc(N[C@H](C)c3cccc(C(F)(F)F)c3F)c2C2OCCO2)CC(=O)N(C)C1. The first-order valence-electron chi connectivity index (χ1n) is 11.5. The summed E-state index contributed by atoms with van der Waals surface area (Å²) in [6.07, 6.45) is -6.15. The molecule has 1 amide bonds. The number of nitrogens with zero attached hydrogens (tertiary/aromatic N) is 3. The van der Waals surface area contributed by atoms with Gasteiger partial charge in [0.25, 0.3) is 0 Å². The molecule has 200 valence electrons. The number of aromatic nitrogens is 2. The molecule has 0 aliphatic carbocycles. The highest BCUT2D eigenvalue weighted by Gasteiger charge is 2.54. The van der Waals surface area contributed by atoms with Gasteiger partial charge in [-0.05, 0) is 19.9 Å². The van der Waals surface area contributed by atoms with Gasteiger partial charge in [-0.25, -0.2) is 14.4 Å². The maximum atomic E-state index is 14.9. The number of methoxy groups -OCH3 is 1. The van der Waals surface area contributed by atoms with Crippen LogP contribution in [0.15, 0.2) is 18.2 Å². The summed E-state index contributed by atoms with van der Waals surface area (Å²) >= 11 is 0. The van der Waals surface area contributed by atoms with Crippen LogP contribution >= 0.6 is 0 Å². The van der Waals surface area contributed by atoms with Crippen LogP contribution in [0.2, 0.25) is 0 Å². The second kappa shape index (κ2) is 9.86. The van der Waals surface area contributed by atoms with Crippen molar-refractivity contribution in [2.24, 2.45) is 0 Å². The zero-order chi connectivity index (χ0) is 27.1. The number of halogens is 4. The number of amides is 1. The Labute approximate surface area is 210 Å². The largest absolute Gasteiger partial charge is 0.468 e. The Morgan fingerprint density at radius 3 is 2.51 bits per heavy atom. The molecule has 37 heavy (non-hydrogen) atoms. The predicted molar refractivity (Wildman–Crippen MR) is 121 cm³/mol. The summed E-state index contributed by atoms with van der Waals surface area (Å²) in [5, 5.41) is 2.96. The third-order valence-corrected chi connectivity index (χ3v) is 6.48. The Morgan fingerprint density at radius 1 is 1.27 bits per heavy atom. The van der Waals surface area contributed by atoms with E-state index >= 15 is 0 Å². The number of nitrogens with one attached hydrogen (secondary N) is 1. The summed E-state index contributed by atoms with van der Waals surface area (Å²) in [6.45, 7) is 3.43. The average molecular weight is 526 g/mol. The number of carbonyl (C=O) groups is 2. The van der Waals surface area contributed by atoms with Crippen LogP contribution in [-0.2, 0) is 35.4 Å². The summed E-state index contributed by atoms with van der Waals surface area (Å²) in [4.78, 5) is 36.0. The summed E-state index contributed by atoms with van der Waals surface area (Å²) in [5.41, 5.74) is -2.82. The van der Waals surface area contributed by atoms with Gasteiger partial charge < -0.3 is 24.4 Å². The number of hydrogen-bond acceptors (Lipinski definition) is 8. The highest BCUT2D eigenvalue weighted by Crippen LogP contribution is 2.43. The molecule has 1 N–H and O–H groups in total. The fourth-order valence-electron chi connectivity index (χ4n) is 4.72. The quantitative estimate of drug-likeness (QED) is 0.451. The van der Waals surface area contributed by atoms with E-state index in [4.69, 9.17) is 14.2 Å². The van der Waals surface area contributed by atoms with Crippen LogP contribution in [0.1, 0.15) is 53.9 Å². The molecule has 2 fully saturated rings. The molecule has 0 spiro atoms. The fourth-order valence-corrected chi connectivity index (χ4v) is 4.72. The highest BCUT2D eigenvalue weighted by atomic mass is 19.4. The normalized spacial score (nSPS) is 21.4. The van der Waals surface area contributed by atoms with Crippen molar-refractivity contribution in [3.8, 4) is 0 Å². The first-order valence-corrected chi connectivity index (χ1v) is 11.5. The smallest absolute Gasteiger partial charge is 0.419 e. The number of aryl methyl sites for hydroxylation is 1. The molecule has 0 bridgehead atoms. The Hall–Kier alpha value is -3.32. The zero-order valence-electron chi connectivity index (χ0n) is 20.6. The molecule has 2 aliphatic rings. The lowest BCUT2D eigenvalue weighted by molar-refractivity contribution is -0.147. The molecule has 2 saturated heterocycles. The zero-order valence-corrected chi connectivity index (χ0v) is 20.6. The van der Waals surface area contributed by atoms with Gasteiger partial charge >= 0.3 is 12.1 Å². The average Bonchev–Trinajstić information content (AvgIpc) is 3.46. The Morgan fingerprint density at radius 2 is 1.95 bits per heavy atom. The molecule has 1 aromatic heterocycles. The number of alkyl halides is 3. The third kappa shape index (κ3) is 4.85. The molecule has 1 unspecified atom stereocenters. The van der Waals surface area contributed by atoms with E-state index < -0.39 is 41.3 Å². The number of anilines is 1. The molecule has 2 atom stereocenters. The molecule has 0 saturated carbocycles. The lowest BCUT2D eigenvalue weighted by Crippen LogP contribution is -2.42. The number of rotatable bonds is 6. The number of esters is 1. The molecule has 2 aromatic rings. The fraction of sp³-hybridized carbons (Fsp3) is 0.500. The number of hydrogen-bond donors (Lipinski definition) is 1. The number of benzene rings is 1. The Bertz CT molecular complexity index is 1220. The molecule has 13 heteroatoms. The Kier molecular flexibility index (Phi) is 7.12. The molecule has 3 heterocycles. The number of likely N-dealkylation sites (N-methyl/N-ethyl adjacent to an activating group) is 1. The van der Waals surface area contributed by atoms with Crippen LogP contribution < -0.4 is 5.32 Å². The number of ether oxygens (including phenoxy) is 3. The highest BCUT2D eigenvalue weighted by molar-refractivity contribution is 5.94. The van der Waals surface area contributed by atoms with Crippen molar-refractivity contribution >= 4 is 17.7 Å². The van der Waals surface area contributed by atoms with E-state index in [0.717, 1.165) is 6.07 Å². The maximum absolute atomic E-state index is 14.9. The van der Waals surface area contributed by atoms with Crippen LogP contribution in [0.3, 0.4) is 0 Å². The van der Waals surface area contributed by atoms with Crippen molar-refractivity contribution in [3.63, 3.8) is 0 Å². The van der Waals surface area contributed by atoms with Crippen molar-refractivity contribution in [1.29, 1.82) is 0 Å². The number of carbonyl (C=O) groups excluding carboxylic acids is 2. The van der Waals surface area contributed by atoms with Gasteiger partial charge in [0.2, 0.25) is 5.91 Å². The van der Waals surface area contributed by atoms with Crippen molar-refractivity contribution < 1.29 is 41.4 Å². The van der Waals surface area contributed by atoms with Gasteiger partial charge in [0, 0.05) is 19.2 Å². The van der Waals surface area contributed by atoms with Crippen LogP contribution in [0.4, 0.5) is 23.4 Å². The van der Waals surface area contributed by atoms with Gasteiger partial charge in [-0.15, -0.1) is 0 Å².